The minimum absolute atomic E-state index is 0.680. The van der Waals surface area contributed by atoms with Crippen LogP contribution in [0.3, 0.4) is 0 Å². The zero-order chi connectivity index (χ0) is 13.4. The molecule has 98 valence electrons. The van der Waals surface area contributed by atoms with Crippen LogP contribution in [0.15, 0.2) is 55.0 Å². The summed E-state index contributed by atoms with van der Waals surface area (Å²) in [5.41, 5.74) is 4.03. The largest absolute Gasteiger partial charge is 0.378 e. The first-order valence-corrected chi connectivity index (χ1v) is 6.49. The van der Waals surface area contributed by atoms with Crippen LogP contribution in [0.4, 0.5) is 5.69 Å². The quantitative estimate of drug-likeness (QED) is 0.597. The number of aromatic nitrogens is 4. The van der Waals surface area contributed by atoms with Crippen LogP contribution in [0.5, 0.6) is 0 Å². The van der Waals surface area contributed by atoms with Gasteiger partial charge in [0.2, 0.25) is 0 Å². The molecular weight excluding hydrogens is 250 g/mol. The van der Waals surface area contributed by atoms with Gasteiger partial charge in [-0.3, -0.25) is 5.10 Å². The van der Waals surface area contributed by atoms with Crippen molar-refractivity contribution >= 4 is 22.2 Å². The van der Waals surface area contributed by atoms with Crippen molar-refractivity contribution in [3.63, 3.8) is 0 Å². The van der Waals surface area contributed by atoms with Gasteiger partial charge in [0, 0.05) is 17.8 Å². The molecule has 0 amide bonds. The van der Waals surface area contributed by atoms with Gasteiger partial charge in [-0.05, 0) is 18.2 Å². The van der Waals surface area contributed by atoms with Crippen LogP contribution in [0.2, 0.25) is 0 Å². The van der Waals surface area contributed by atoms with Crippen molar-refractivity contribution in [3.8, 4) is 0 Å². The summed E-state index contributed by atoms with van der Waals surface area (Å²) in [7, 11) is 0. The van der Waals surface area contributed by atoms with Gasteiger partial charge in [-0.2, -0.15) is 5.10 Å². The average Bonchev–Trinajstić information content (AvgIpc) is 3.11. The molecule has 0 atom stereocenters. The van der Waals surface area contributed by atoms with Crippen LogP contribution in [-0.4, -0.2) is 19.6 Å². The summed E-state index contributed by atoms with van der Waals surface area (Å²) in [6.45, 7) is 0.680. The second-order valence-corrected chi connectivity index (χ2v) is 4.69. The normalized spacial score (nSPS) is 11.2. The number of aromatic amines is 1. The SMILES string of the molecule is c1cc(NCc2cn3ccccc3n2)c2[nH]ncc2c1. The molecule has 1 aromatic carbocycles. The fraction of sp³-hybridized carbons (Fsp3) is 0.0667. The molecule has 0 saturated heterocycles. The molecule has 3 aromatic heterocycles. The number of imidazole rings is 1. The van der Waals surface area contributed by atoms with E-state index in [2.05, 4.69) is 20.5 Å². The van der Waals surface area contributed by atoms with Crippen LogP contribution in [0, 0.1) is 0 Å². The lowest BCUT2D eigenvalue weighted by Crippen LogP contribution is -2.00. The summed E-state index contributed by atoms with van der Waals surface area (Å²) < 4.78 is 2.02. The van der Waals surface area contributed by atoms with E-state index in [0.717, 1.165) is 27.9 Å². The van der Waals surface area contributed by atoms with E-state index in [9.17, 15) is 0 Å². The smallest absolute Gasteiger partial charge is 0.137 e. The van der Waals surface area contributed by atoms with Crippen LogP contribution >= 0.6 is 0 Å². The Labute approximate surface area is 115 Å². The van der Waals surface area contributed by atoms with E-state index in [0.29, 0.717) is 6.54 Å². The standard InChI is InChI=1S/C15H13N5/c1-2-7-20-10-12(18-14(20)6-1)9-16-13-5-3-4-11-8-17-19-15(11)13/h1-8,10,16H,9H2,(H,17,19). The Morgan fingerprint density at radius 1 is 1.15 bits per heavy atom. The van der Waals surface area contributed by atoms with Crippen molar-refractivity contribution < 1.29 is 0 Å². The zero-order valence-electron chi connectivity index (χ0n) is 10.7. The van der Waals surface area contributed by atoms with Crippen LogP contribution in [0.25, 0.3) is 16.6 Å². The number of benzene rings is 1. The van der Waals surface area contributed by atoms with E-state index in [-0.39, 0.29) is 0 Å². The second-order valence-electron chi connectivity index (χ2n) is 4.69. The number of para-hydroxylation sites is 1. The van der Waals surface area contributed by atoms with Gasteiger partial charge in [-0.1, -0.05) is 18.2 Å². The number of nitrogens with one attached hydrogen (secondary N) is 2. The molecule has 20 heavy (non-hydrogen) atoms. The van der Waals surface area contributed by atoms with Crippen molar-refractivity contribution in [2.45, 2.75) is 6.54 Å². The molecule has 0 saturated carbocycles. The molecule has 0 spiro atoms. The predicted molar refractivity (Wildman–Crippen MR) is 78.6 cm³/mol. The van der Waals surface area contributed by atoms with Crippen molar-refractivity contribution in [3.05, 3.63) is 60.7 Å². The third kappa shape index (κ3) is 1.80. The highest BCUT2D eigenvalue weighted by Gasteiger charge is 2.04. The molecule has 0 fully saturated rings. The topological polar surface area (TPSA) is 58.0 Å². The fourth-order valence-electron chi connectivity index (χ4n) is 2.37. The molecule has 4 rings (SSSR count). The molecule has 0 aliphatic rings. The summed E-state index contributed by atoms with van der Waals surface area (Å²) in [6.07, 6.45) is 5.86. The Hall–Kier alpha value is -2.82. The summed E-state index contributed by atoms with van der Waals surface area (Å²) in [5.74, 6) is 0. The fourth-order valence-corrected chi connectivity index (χ4v) is 2.37. The Morgan fingerprint density at radius 2 is 2.15 bits per heavy atom. The molecule has 0 unspecified atom stereocenters. The molecule has 0 aliphatic heterocycles. The third-order valence-electron chi connectivity index (χ3n) is 3.35. The molecule has 0 aliphatic carbocycles. The number of hydrogen-bond donors (Lipinski definition) is 2. The number of fused-ring (bicyclic) bond motifs is 2. The van der Waals surface area contributed by atoms with Crippen LogP contribution in [-0.2, 0) is 6.54 Å². The minimum atomic E-state index is 0.680. The van der Waals surface area contributed by atoms with Gasteiger partial charge in [0.15, 0.2) is 0 Å². The molecule has 0 bridgehead atoms. The van der Waals surface area contributed by atoms with E-state index in [1.54, 1.807) is 0 Å². The summed E-state index contributed by atoms with van der Waals surface area (Å²) in [4.78, 5) is 4.57. The van der Waals surface area contributed by atoms with Gasteiger partial charge in [0.1, 0.15) is 5.65 Å². The first-order chi connectivity index (χ1) is 9.90. The Morgan fingerprint density at radius 3 is 3.10 bits per heavy atom. The van der Waals surface area contributed by atoms with Crippen molar-refractivity contribution in [2.24, 2.45) is 0 Å². The molecule has 0 radical (unpaired) electrons. The molecule has 5 heteroatoms. The average molecular weight is 263 g/mol. The van der Waals surface area contributed by atoms with Crippen LogP contribution < -0.4 is 5.32 Å². The highest BCUT2D eigenvalue weighted by Crippen LogP contribution is 2.21. The number of rotatable bonds is 3. The van der Waals surface area contributed by atoms with Gasteiger partial charge in [-0.25, -0.2) is 4.98 Å². The molecular formula is C15H13N5. The maximum absolute atomic E-state index is 4.57. The van der Waals surface area contributed by atoms with Crippen molar-refractivity contribution in [2.75, 3.05) is 5.32 Å². The maximum atomic E-state index is 4.57. The molecule has 2 N–H and O–H groups in total. The summed E-state index contributed by atoms with van der Waals surface area (Å²) in [6, 6.07) is 12.1. The Bertz CT molecular complexity index is 841. The monoisotopic (exact) mass is 263 g/mol. The summed E-state index contributed by atoms with van der Waals surface area (Å²) in [5, 5.41) is 11.6. The molecule has 3 heterocycles. The second kappa shape index (κ2) is 4.38. The highest BCUT2D eigenvalue weighted by molar-refractivity contribution is 5.89. The summed E-state index contributed by atoms with van der Waals surface area (Å²) >= 11 is 0. The van der Waals surface area contributed by atoms with Gasteiger partial charge >= 0.3 is 0 Å². The van der Waals surface area contributed by atoms with Crippen LogP contribution in [0.1, 0.15) is 5.69 Å². The Balaban J connectivity index is 1.62. The van der Waals surface area contributed by atoms with E-state index < -0.39 is 0 Å². The number of nitrogens with zero attached hydrogens (tertiary/aromatic N) is 3. The molecule has 5 nitrogen and oxygen atoms in total. The van der Waals surface area contributed by atoms with Crippen molar-refractivity contribution in [1.29, 1.82) is 0 Å². The number of pyridine rings is 1. The lowest BCUT2D eigenvalue weighted by atomic mass is 10.2. The third-order valence-corrected chi connectivity index (χ3v) is 3.35. The first-order valence-electron chi connectivity index (χ1n) is 6.49. The zero-order valence-corrected chi connectivity index (χ0v) is 10.7. The van der Waals surface area contributed by atoms with Gasteiger partial charge in [0.25, 0.3) is 0 Å². The van der Waals surface area contributed by atoms with Gasteiger partial charge < -0.3 is 9.72 Å². The molecule has 4 aromatic rings. The van der Waals surface area contributed by atoms with E-state index in [1.165, 1.54) is 0 Å². The maximum Gasteiger partial charge on any atom is 0.137 e. The Kier molecular flexibility index (Phi) is 2.42. The van der Waals surface area contributed by atoms with Gasteiger partial charge in [0.05, 0.1) is 29.6 Å². The van der Waals surface area contributed by atoms with Gasteiger partial charge in [-0.15, -0.1) is 0 Å². The minimum Gasteiger partial charge on any atom is -0.378 e. The van der Waals surface area contributed by atoms with Crippen molar-refractivity contribution in [1.82, 2.24) is 19.6 Å². The first kappa shape index (κ1) is 11.0. The lowest BCUT2D eigenvalue weighted by molar-refractivity contribution is 1.07. The van der Waals surface area contributed by atoms with E-state index in [1.807, 2.05) is 59.4 Å². The predicted octanol–water partition coefficient (Wildman–Crippen LogP) is 2.82. The lowest BCUT2D eigenvalue weighted by Gasteiger charge is -2.05. The number of H-pyrrole nitrogens is 1. The van der Waals surface area contributed by atoms with E-state index >= 15 is 0 Å². The highest BCUT2D eigenvalue weighted by atomic mass is 15.1. The number of hydrogen-bond acceptors (Lipinski definition) is 3. The number of anilines is 1. The van der Waals surface area contributed by atoms with E-state index in [4.69, 9.17) is 0 Å².